The van der Waals surface area contributed by atoms with E-state index >= 15 is 0 Å². The van der Waals surface area contributed by atoms with E-state index < -0.39 is 11.7 Å². The summed E-state index contributed by atoms with van der Waals surface area (Å²) in [6, 6.07) is 12.0. The molecule has 7 heteroatoms. The fraction of sp³-hybridized carbons (Fsp3) is 0.455. The van der Waals surface area contributed by atoms with Gasteiger partial charge in [-0.25, -0.2) is 4.79 Å². The van der Waals surface area contributed by atoms with Crippen molar-refractivity contribution in [3.63, 3.8) is 0 Å². The number of thioether (sulfide) groups is 1. The molecule has 1 fully saturated rings. The van der Waals surface area contributed by atoms with Crippen molar-refractivity contribution in [1.29, 1.82) is 0 Å². The van der Waals surface area contributed by atoms with Crippen LogP contribution in [0.3, 0.4) is 0 Å². The SMILES string of the molecule is CC(C)(C)OC(=O)NC1CCN(C(=O)c2occc2CSc2ccccc2)CC1. The lowest BCUT2D eigenvalue weighted by Gasteiger charge is -2.32. The van der Waals surface area contributed by atoms with Crippen molar-refractivity contribution in [3.05, 3.63) is 54.0 Å². The van der Waals surface area contributed by atoms with E-state index in [1.54, 1.807) is 22.9 Å². The van der Waals surface area contributed by atoms with E-state index in [1.165, 1.54) is 0 Å². The van der Waals surface area contributed by atoms with E-state index in [0.717, 1.165) is 10.5 Å². The Bertz CT molecular complexity index is 821. The Labute approximate surface area is 176 Å². The fourth-order valence-corrected chi connectivity index (χ4v) is 4.06. The van der Waals surface area contributed by atoms with Gasteiger partial charge in [0.1, 0.15) is 5.60 Å². The molecule has 2 amide bonds. The van der Waals surface area contributed by atoms with Crippen LogP contribution < -0.4 is 5.32 Å². The summed E-state index contributed by atoms with van der Waals surface area (Å²) in [4.78, 5) is 27.8. The predicted molar refractivity (Wildman–Crippen MR) is 113 cm³/mol. The first-order valence-electron chi connectivity index (χ1n) is 9.85. The number of rotatable bonds is 5. The summed E-state index contributed by atoms with van der Waals surface area (Å²) in [6.45, 7) is 6.66. The van der Waals surface area contributed by atoms with E-state index in [0.29, 0.717) is 37.4 Å². The summed E-state index contributed by atoms with van der Waals surface area (Å²) in [5, 5.41) is 2.89. The topological polar surface area (TPSA) is 71.8 Å². The summed E-state index contributed by atoms with van der Waals surface area (Å²) in [6.07, 6.45) is 2.55. The average Bonchev–Trinajstić information content (AvgIpc) is 3.14. The molecule has 0 bridgehead atoms. The van der Waals surface area contributed by atoms with Crippen molar-refractivity contribution >= 4 is 23.8 Å². The van der Waals surface area contributed by atoms with E-state index in [-0.39, 0.29) is 11.9 Å². The maximum Gasteiger partial charge on any atom is 0.407 e. The van der Waals surface area contributed by atoms with Gasteiger partial charge in [-0.2, -0.15) is 0 Å². The minimum atomic E-state index is -0.520. The second-order valence-electron chi connectivity index (χ2n) is 8.09. The van der Waals surface area contributed by atoms with Gasteiger partial charge in [0.2, 0.25) is 0 Å². The number of hydrogen-bond acceptors (Lipinski definition) is 5. The second kappa shape index (κ2) is 9.39. The number of carbonyl (C=O) groups excluding carboxylic acids is 2. The Hall–Kier alpha value is -2.41. The quantitative estimate of drug-likeness (QED) is 0.715. The van der Waals surface area contributed by atoms with Crippen LogP contribution in [-0.2, 0) is 10.5 Å². The van der Waals surface area contributed by atoms with Crippen molar-refractivity contribution in [2.24, 2.45) is 0 Å². The lowest BCUT2D eigenvalue weighted by atomic mass is 10.0. The third kappa shape index (κ3) is 6.29. The van der Waals surface area contributed by atoms with Gasteiger partial charge >= 0.3 is 6.09 Å². The Morgan fingerprint density at radius 3 is 2.52 bits per heavy atom. The van der Waals surface area contributed by atoms with Crippen LogP contribution >= 0.6 is 11.8 Å². The smallest absolute Gasteiger partial charge is 0.407 e. The maximum atomic E-state index is 12.9. The highest BCUT2D eigenvalue weighted by Crippen LogP contribution is 2.26. The van der Waals surface area contributed by atoms with Crippen LogP contribution in [-0.4, -0.2) is 41.6 Å². The highest BCUT2D eigenvalue weighted by molar-refractivity contribution is 7.98. The summed E-state index contributed by atoms with van der Waals surface area (Å²) in [5.74, 6) is 1.000. The number of benzene rings is 1. The number of nitrogens with one attached hydrogen (secondary N) is 1. The number of hydrogen-bond donors (Lipinski definition) is 1. The van der Waals surface area contributed by atoms with Gasteiger partial charge in [0.05, 0.1) is 6.26 Å². The van der Waals surface area contributed by atoms with Crippen LogP contribution in [0, 0.1) is 0 Å². The van der Waals surface area contributed by atoms with Gasteiger partial charge in [-0.1, -0.05) is 18.2 Å². The molecular weight excluding hydrogens is 388 g/mol. The molecular formula is C22H28N2O4S. The average molecular weight is 417 g/mol. The summed E-state index contributed by atoms with van der Waals surface area (Å²) >= 11 is 1.68. The molecule has 2 aromatic rings. The zero-order valence-electron chi connectivity index (χ0n) is 17.1. The van der Waals surface area contributed by atoms with Crippen molar-refractivity contribution < 1.29 is 18.7 Å². The fourth-order valence-electron chi connectivity index (χ4n) is 3.16. The third-order valence-corrected chi connectivity index (χ3v) is 5.64. The van der Waals surface area contributed by atoms with Crippen LogP contribution in [0.4, 0.5) is 4.79 Å². The van der Waals surface area contributed by atoms with Crippen molar-refractivity contribution in [2.45, 2.75) is 55.9 Å². The molecule has 6 nitrogen and oxygen atoms in total. The van der Waals surface area contributed by atoms with Crippen molar-refractivity contribution in [3.8, 4) is 0 Å². The number of amides is 2. The molecule has 1 aromatic heterocycles. The molecule has 0 spiro atoms. The van der Waals surface area contributed by atoms with Gasteiger partial charge in [-0.15, -0.1) is 11.8 Å². The molecule has 0 unspecified atom stereocenters. The van der Waals surface area contributed by atoms with Gasteiger partial charge in [0, 0.05) is 35.3 Å². The van der Waals surface area contributed by atoms with Gasteiger partial charge in [0.25, 0.3) is 5.91 Å². The van der Waals surface area contributed by atoms with Crippen molar-refractivity contribution in [1.82, 2.24) is 10.2 Å². The van der Waals surface area contributed by atoms with Gasteiger partial charge in [-0.3, -0.25) is 4.79 Å². The van der Waals surface area contributed by atoms with E-state index in [9.17, 15) is 9.59 Å². The highest BCUT2D eigenvalue weighted by Gasteiger charge is 2.28. The number of nitrogens with zero attached hydrogens (tertiary/aromatic N) is 1. The first kappa shape index (κ1) is 21.3. The molecule has 1 saturated heterocycles. The molecule has 0 atom stereocenters. The van der Waals surface area contributed by atoms with Crippen LogP contribution in [0.1, 0.15) is 49.7 Å². The molecule has 1 aliphatic heterocycles. The van der Waals surface area contributed by atoms with Crippen LogP contribution in [0.25, 0.3) is 0 Å². The zero-order chi connectivity index (χ0) is 20.9. The number of carbonyl (C=O) groups is 2. The Kier molecular flexibility index (Phi) is 6.90. The lowest BCUT2D eigenvalue weighted by molar-refractivity contribution is 0.0470. The first-order valence-corrected chi connectivity index (χ1v) is 10.8. The summed E-state index contributed by atoms with van der Waals surface area (Å²) in [5.41, 5.74) is 0.381. The zero-order valence-corrected chi connectivity index (χ0v) is 18.0. The maximum absolute atomic E-state index is 12.9. The Morgan fingerprint density at radius 2 is 1.86 bits per heavy atom. The molecule has 156 valence electrons. The van der Waals surface area contributed by atoms with Gasteiger partial charge in [-0.05, 0) is 51.8 Å². The monoisotopic (exact) mass is 416 g/mol. The van der Waals surface area contributed by atoms with Crippen LogP contribution in [0.2, 0.25) is 0 Å². The molecule has 0 radical (unpaired) electrons. The molecule has 2 heterocycles. The minimum absolute atomic E-state index is 0.0126. The molecule has 0 aliphatic carbocycles. The van der Waals surface area contributed by atoms with E-state index in [2.05, 4.69) is 17.4 Å². The minimum Gasteiger partial charge on any atom is -0.459 e. The summed E-state index contributed by atoms with van der Waals surface area (Å²) in [7, 11) is 0. The predicted octanol–water partition coefficient (Wildman–Crippen LogP) is 4.70. The first-order chi connectivity index (χ1) is 13.8. The molecule has 1 aromatic carbocycles. The second-order valence-corrected chi connectivity index (χ2v) is 9.14. The molecule has 29 heavy (non-hydrogen) atoms. The number of ether oxygens (including phenoxy) is 1. The highest BCUT2D eigenvalue weighted by atomic mass is 32.2. The standard InChI is InChI=1S/C22H28N2O4S/c1-22(2,3)28-21(26)23-17-9-12-24(13-10-17)20(25)19-16(11-14-27-19)15-29-18-7-5-4-6-8-18/h4-8,11,14,17H,9-10,12-13,15H2,1-3H3,(H,23,26). The molecule has 1 aliphatic rings. The number of likely N-dealkylation sites (tertiary alicyclic amines) is 1. The number of furan rings is 1. The normalized spacial score (nSPS) is 15.2. The van der Waals surface area contributed by atoms with Crippen LogP contribution in [0.15, 0.2) is 52.0 Å². The molecule has 0 saturated carbocycles. The van der Waals surface area contributed by atoms with E-state index in [1.807, 2.05) is 45.0 Å². The Morgan fingerprint density at radius 1 is 1.17 bits per heavy atom. The number of alkyl carbamates (subject to hydrolysis) is 1. The lowest BCUT2D eigenvalue weighted by Crippen LogP contribution is -2.47. The van der Waals surface area contributed by atoms with Gasteiger partial charge in [0.15, 0.2) is 5.76 Å². The summed E-state index contributed by atoms with van der Waals surface area (Å²) < 4.78 is 10.8. The third-order valence-electron chi connectivity index (χ3n) is 4.58. The van der Waals surface area contributed by atoms with E-state index in [4.69, 9.17) is 9.15 Å². The number of piperidine rings is 1. The molecule has 3 rings (SSSR count). The van der Waals surface area contributed by atoms with Crippen molar-refractivity contribution in [2.75, 3.05) is 13.1 Å². The molecule has 1 N–H and O–H groups in total. The van der Waals surface area contributed by atoms with Gasteiger partial charge < -0.3 is 19.4 Å². The Balaban J connectivity index is 1.51. The largest absolute Gasteiger partial charge is 0.459 e. The van der Waals surface area contributed by atoms with Crippen LogP contribution in [0.5, 0.6) is 0 Å².